The molecular weight excluding hydrogens is 252 g/mol. The molecule has 2 N–H and O–H groups in total. The van der Waals surface area contributed by atoms with Crippen LogP contribution in [0, 0.1) is 0 Å². The molecule has 0 unspecified atom stereocenters. The van der Waals surface area contributed by atoms with Crippen molar-refractivity contribution in [3.8, 4) is 21.9 Å². The molecule has 2 aromatic rings. The Morgan fingerprint density at radius 3 is 2.50 bits per heavy atom. The van der Waals surface area contributed by atoms with Crippen molar-refractivity contribution in [3.63, 3.8) is 0 Å². The minimum absolute atomic E-state index is 0.528. The summed E-state index contributed by atoms with van der Waals surface area (Å²) in [6.45, 7) is 1.13. The molecule has 94 valence electrons. The summed E-state index contributed by atoms with van der Waals surface area (Å²) in [5, 5.41) is 18.2. The van der Waals surface area contributed by atoms with Gasteiger partial charge in [0.1, 0.15) is 13.2 Å². The first-order chi connectivity index (χ1) is 8.74. The van der Waals surface area contributed by atoms with Gasteiger partial charge in [-0.15, -0.1) is 11.3 Å². The summed E-state index contributed by atoms with van der Waals surface area (Å²) in [5.74, 6) is 1.49. The van der Waals surface area contributed by atoms with Crippen LogP contribution in [0.25, 0.3) is 10.4 Å². The standard InChI is InChI=1S/C13H12O4S/c14-13(15)12-4-3-11(18-12)8-1-2-9-10(7-8)17-6-5-16-9/h1-4,7,13-15H,5-6H2. The van der Waals surface area contributed by atoms with Crippen LogP contribution < -0.4 is 9.47 Å². The fraction of sp³-hybridized carbons (Fsp3) is 0.231. The smallest absolute Gasteiger partial charge is 0.188 e. The molecule has 0 amide bonds. The molecule has 1 aliphatic heterocycles. The highest BCUT2D eigenvalue weighted by Crippen LogP contribution is 2.37. The van der Waals surface area contributed by atoms with Crippen LogP contribution in [0.15, 0.2) is 30.3 Å². The van der Waals surface area contributed by atoms with Gasteiger partial charge in [-0.25, -0.2) is 0 Å². The first-order valence-electron chi connectivity index (χ1n) is 5.60. The second kappa shape index (κ2) is 4.61. The van der Waals surface area contributed by atoms with Crippen molar-refractivity contribution in [2.45, 2.75) is 6.29 Å². The van der Waals surface area contributed by atoms with Crippen LogP contribution in [-0.2, 0) is 0 Å². The Balaban J connectivity index is 1.95. The second-order valence-electron chi connectivity index (χ2n) is 3.93. The molecule has 0 saturated carbocycles. The largest absolute Gasteiger partial charge is 0.486 e. The Bertz CT molecular complexity index is 562. The maximum Gasteiger partial charge on any atom is 0.188 e. The fourth-order valence-corrected chi connectivity index (χ4v) is 2.72. The highest BCUT2D eigenvalue weighted by Gasteiger charge is 2.14. The van der Waals surface area contributed by atoms with E-state index in [0.29, 0.717) is 18.1 Å². The highest BCUT2D eigenvalue weighted by molar-refractivity contribution is 7.15. The lowest BCUT2D eigenvalue weighted by Crippen LogP contribution is -2.15. The second-order valence-corrected chi connectivity index (χ2v) is 5.05. The molecule has 4 nitrogen and oxygen atoms in total. The van der Waals surface area contributed by atoms with E-state index >= 15 is 0 Å². The summed E-state index contributed by atoms with van der Waals surface area (Å²) < 4.78 is 11.0. The Hall–Kier alpha value is -1.56. The number of hydrogen-bond acceptors (Lipinski definition) is 5. The summed E-state index contributed by atoms with van der Waals surface area (Å²) in [7, 11) is 0. The first kappa shape index (κ1) is 11.5. The molecule has 0 saturated heterocycles. The van der Waals surface area contributed by atoms with Crippen molar-refractivity contribution in [2.75, 3.05) is 13.2 Å². The Labute approximate surface area is 108 Å². The van der Waals surface area contributed by atoms with Crippen LogP contribution in [0.5, 0.6) is 11.5 Å². The van der Waals surface area contributed by atoms with Crippen molar-refractivity contribution < 1.29 is 19.7 Å². The number of aliphatic hydroxyl groups excluding tert-OH is 1. The maximum atomic E-state index is 9.10. The van der Waals surface area contributed by atoms with Crippen LogP contribution in [0.3, 0.4) is 0 Å². The van der Waals surface area contributed by atoms with Gasteiger partial charge in [0.15, 0.2) is 17.8 Å². The minimum Gasteiger partial charge on any atom is -0.486 e. The van der Waals surface area contributed by atoms with Gasteiger partial charge in [0.2, 0.25) is 0 Å². The quantitative estimate of drug-likeness (QED) is 0.816. The molecular formula is C13H12O4S. The Morgan fingerprint density at radius 2 is 1.78 bits per heavy atom. The number of rotatable bonds is 2. The van der Waals surface area contributed by atoms with Crippen molar-refractivity contribution in [1.82, 2.24) is 0 Å². The van der Waals surface area contributed by atoms with Crippen molar-refractivity contribution in [3.05, 3.63) is 35.2 Å². The number of ether oxygens (including phenoxy) is 2. The van der Waals surface area contributed by atoms with Crippen LogP contribution in [0.4, 0.5) is 0 Å². The van der Waals surface area contributed by atoms with Crippen molar-refractivity contribution in [2.24, 2.45) is 0 Å². The van der Waals surface area contributed by atoms with Crippen LogP contribution in [0.1, 0.15) is 11.2 Å². The number of benzene rings is 1. The van der Waals surface area contributed by atoms with Gasteiger partial charge in [0.05, 0.1) is 4.88 Å². The third-order valence-corrected chi connectivity index (χ3v) is 3.88. The van der Waals surface area contributed by atoms with E-state index in [1.54, 1.807) is 6.07 Å². The molecule has 0 bridgehead atoms. The zero-order valence-corrected chi connectivity index (χ0v) is 10.3. The molecule has 18 heavy (non-hydrogen) atoms. The maximum absolute atomic E-state index is 9.10. The molecule has 1 aromatic carbocycles. The molecule has 1 aromatic heterocycles. The zero-order chi connectivity index (χ0) is 12.5. The molecule has 0 fully saturated rings. The van der Waals surface area contributed by atoms with E-state index in [9.17, 15) is 0 Å². The van der Waals surface area contributed by atoms with Gasteiger partial charge >= 0.3 is 0 Å². The highest BCUT2D eigenvalue weighted by atomic mass is 32.1. The molecule has 0 spiro atoms. The number of hydrogen-bond donors (Lipinski definition) is 2. The summed E-state index contributed by atoms with van der Waals surface area (Å²) in [5.41, 5.74) is 0.983. The van der Waals surface area contributed by atoms with E-state index in [-0.39, 0.29) is 0 Å². The number of aliphatic hydroxyl groups is 2. The lowest BCUT2D eigenvalue weighted by atomic mass is 10.1. The zero-order valence-electron chi connectivity index (χ0n) is 9.50. The Kier molecular flexibility index (Phi) is 2.95. The third-order valence-electron chi connectivity index (χ3n) is 2.71. The molecule has 1 aliphatic rings. The van der Waals surface area contributed by atoms with Crippen molar-refractivity contribution >= 4 is 11.3 Å². The van der Waals surface area contributed by atoms with E-state index in [2.05, 4.69) is 0 Å². The summed E-state index contributed by atoms with van der Waals surface area (Å²) >= 11 is 1.35. The fourth-order valence-electron chi connectivity index (χ4n) is 1.84. The van der Waals surface area contributed by atoms with Gasteiger partial charge in [-0.3, -0.25) is 0 Å². The van der Waals surface area contributed by atoms with Gasteiger partial charge in [0, 0.05) is 4.88 Å². The van der Waals surface area contributed by atoms with Crippen molar-refractivity contribution in [1.29, 1.82) is 0 Å². The molecule has 0 atom stereocenters. The monoisotopic (exact) mass is 264 g/mol. The SMILES string of the molecule is OC(O)c1ccc(-c2ccc3c(c2)OCCO3)s1. The average Bonchev–Trinajstić information content (AvgIpc) is 2.88. The van der Waals surface area contributed by atoms with Gasteiger partial charge < -0.3 is 19.7 Å². The molecule has 5 heteroatoms. The van der Waals surface area contributed by atoms with E-state index in [1.165, 1.54) is 11.3 Å². The van der Waals surface area contributed by atoms with E-state index in [4.69, 9.17) is 19.7 Å². The van der Waals surface area contributed by atoms with E-state index in [0.717, 1.165) is 21.9 Å². The molecule has 0 aliphatic carbocycles. The van der Waals surface area contributed by atoms with Gasteiger partial charge in [-0.05, 0) is 35.9 Å². The van der Waals surface area contributed by atoms with Gasteiger partial charge in [-0.2, -0.15) is 0 Å². The number of thiophene rings is 1. The molecule has 2 heterocycles. The summed E-state index contributed by atoms with van der Waals surface area (Å²) in [4.78, 5) is 1.50. The Morgan fingerprint density at radius 1 is 1.00 bits per heavy atom. The lowest BCUT2D eigenvalue weighted by Gasteiger charge is -2.18. The van der Waals surface area contributed by atoms with E-state index < -0.39 is 6.29 Å². The number of fused-ring (bicyclic) bond motifs is 1. The lowest BCUT2D eigenvalue weighted by molar-refractivity contribution is -0.0395. The van der Waals surface area contributed by atoms with Crippen LogP contribution in [-0.4, -0.2) is 23.4 Å². The van der Waals surface area contributed by atoms with Crippen LogP contribution in [0.2, 0.25) is 0 Å². The normalized spacial score (nSPS) is 13.9. The summed E-state index contributed by atoms with van der Waals surface area (Å²) in [6, 6.07) is 9.30. The van der Waals surface area contributed by atoms with Crippen LogP contribution >= 0.6 is 11.3 Å². The van der Waals surface area contributed by atoms with Gasteiger partial charge in [-0.1, -0.05) is 0 Å². The van der Waals surface area contributed by atoms with E-state index in [1.807, 2.05) is 24.3 Å². The minimum atomic E-state index is -1.42. The topological polar surface area (TPSA) is 58.9 Å². The first-order valence-corrected chi connectivity index (χ1v) is 6.41. The third kappa shape index (κ3) is 2.08. The molecule has 3 rings (SSSR count). The summed E-state index contributed by atoms with van der Waals surface area (Å²) in [6.07, 6.45) is -1.42. The van der Waals surface area contributed by atoms with Gasteiger partial charge in [0.25, 0.3) is 0 Å². The predicted molar refractivity (Wildman–Crippen MR) is 67.9 cm³/mol. The average molecular weight is 264 g/mol. The molecule has 0 radical (unpaired) electrons. The predicted octanol–water partition coefficient (Wildman–Crippen LogP) is 2.17.